The first-order chi connectivity index (χ1) is 10.2. The number of hydrogen-bond donors (Lipinski definition) is 0. The molecule has 0 spiro atoms. The maximum Gasteiger partial charge on any atom is 0.246 e. The number of nitriles is 1. The van der Waals surface area contributed by atoms with Gasteiger partial charge >= 0.3 is 0 Å². The summed E-state index contributed by atoms with van der Waals surface area (Å²) in [4.78, 5) is 8.32. The molecule has 0 aliphatic heterocycles. The Morgan fingerprint density at radius 3 is 2.90 bits per heavy atom. The number of aryl methyl sites for hydroxylation is 1. The SMILES string of the molecule is Cc1cc(Cl)nc(COc2c(C#N)oc3ccccc23)n1. The van der Waals surface area contributed by atoms with Gasteiger partial charge in [-0.25, -0.2) is 9.97 Å². The van der Waals surface area contributed by atoms with Gasteiger partial charge in [-0.15, -0.1) is 0 Å². The highest BCUT2D eigenvalue weighted by Gasteiger charge is 2.15. The summed E-state index contributed by atoms with van der Waals surface area (Å²) in [6.07, 6.45) is 0. The Balaban J connectivity index is 1.93. The van der Waals surface area contributed by atoms with E-state index >= 15 is 0 Å². The molecular formula is C15H10ClN3O2. The third kappa shape index (κ3) is 2.67. The van der Waals surface area contributed by atoms with E-state index in [0.29, 0.717) is 22.3 Å². The van der Waals surface area contributed by atoms with Crippen molar-refractivity contribution in [1.82, 2.24) is 9.97 Å². The van der Waals surface area contributed by atoms with E-state index in [1.165, 1.54) is 0 Å². The number of benzene rings is 1. The standard InChI is InChI=1S/C15H10ClN3O2/c1-9-6-13(16)19-14(18-9)8-20-15-10-4-2-3-5-11(10)21-12(15)7-17/h2-6H,8H2,1H3. The fourth-order valence-corrected chi connectivity index (χ4v) is 2.28. The lowest BCUT2D eigenvalue weighted by atomic mass is 10.2. The normalized spacial score (nSPS) is 10.5. The lowest BCUT2D eigenvalue weighted by Gasteiger charge is -2.05. The van der Waals surface area contributed by atoms with Crippen LogP contribution in [0.3, 0.4) is 0 Å². The van der Waals surface area contributed by atoms with E-state index in [2.05, 4.69) is 9.97 Å². The van der Waals surface area contributed by atoms with Crippen molar-refractivity contribution in [2.45, 2.75) is 13.5 Å². The average molecular weight is 300 g/mol. The van der Waals surface area contributed by atoms with E-state index in [9.17, 15) is 0 Å². The van der Waals surface area contributed by atoms with E-state index in [4.69, 9.17) is 26.0 Å². The van der Waals surface area contributed by atoms with Crippen molar-refractivity contribution < 1.29 is 9.15 Å². The molecule has 0 amide bonds. The number of fused-ring (bicyclic) bond motifs is 1. The molecule has 3 aromatic rings. The van der Waals surface area contributed by atoms with Crippen molar-refractivity contribution in [2.24, 2.45) is 0 Å². The van der Waals surface area contributed by atoms with Gasteiger partial charge in [0.2, 0.25) is 5.76 Å². The maximum atomic E-state index is 9.13. The van der Waals surface area contributed by atoms with Crippen molar-refractivity contribution in [3.05, 3.63) is 52.8 Å². The van der Waals surface area contributed by atoms with Gasteiger partial charge in [-0.3, -0.25) is 0 Å². The average Bonchev–Trinajstić information content (AvgIpc) is 2.82. The molecule has 0 radical (unpaired) electrons. The highest BCUT2D eigenvalue weighted by Crippen LogP contribution is 2.32. The summed E-state index contributed by atoms with van der Waals surface area (Å²) in [7, 11) is 0. The molecule has 0 fully saturated rings. The largest absolute Gasteiger partial charge is 0.480 e. The second-order valence-electron chi connectivity index (χ2n) is 4.41. The summed E-state index contributed by atoms with van der Waals surface area (Å²) in [6.45, 7) is 1.94. The number of ether oxygens (including phenoxy) is 1. The zero-order valence-electron chi connectivity index (χ0n) is 11.1. The molecule has 0 saturated heterocycles. The number of hydrogen-bond acceptors (Lipinski definition) is 5. The first-order valence-electron chi connectivity index (χ1n) is 6.22. The molecule has 0 bridgehead atoms. The van der Waals surface area contributed by atoms with Gasteiger partial charge in [0.25, 0.3) is 0 Å². The summed E-state index contributed by atoms with van der Waals surface area (Å²) >= 11 is 5.89. The Bertz CT molecular complexity index is 831. The Kier molecular flexibility index (Phi) is 3.46. The Morgan fingerprint density at radius 2 is 2.14 bits per heavy atom. The predicted octanol–water partition coefficient (Wildman–Crippen LogP) is 3.64. The molecule has 2 aromatic heterocycles. The first kappa shape index (κ1) is 13.4. The van der Waals surface area contributed by atoms with Crippen LogP contribution in [0, 0.1) is 18.3 Å². The summed E-state index contributed by atoms with van der Waals surface area (Å²) < 4.78 is 11.1. The van der Waals surface area contributed by atoms with Crippen LogP contribution in [0.2, 0.25) is 5.15 Å². The zero-order chi connectivity index (χ0) is 14.8. The molecule has 0 unspecified atom stereocenters. The number of furan rings is 1. The second-order valence-corrected chi connectivity index (χ2v) is 4.79. The van der Waals surface area contributed by atoms with E-state index < -0.39 is 0 Å². The molecule has 0 saturated carbocycles. The topological polar surface area (TPSA) is 71.9 Å². The second kappa shape index (κ2) is 5.43. The van der Waals surface area contributed by atoms with Gasteiger partial charge in [0.1, 0.15) is 23.4 Å². The van der Waals surface area contributed by atoms with Crippen LogP contribution in [0.25, 0.3) is 11.0 Å². The van der Waals surface area contributed by atoms with Crippen LogP contribution in [0.5, 0.6) is 5.75 Å². The Morgan fingerprint density at radius 1 is 1.33 bits per heavy atom. The minimum Gasteiger partial charge on any atom is -0.480 e. The van der Waals surface area contributed by atoms with Crippen LogP contribution < -0.4 is 4.74 Å². The number of para-hydroxylation sites is 1. The van der Waals surface area contributed by atoms with Gasteiger partial charge in [-0.05, 0) is 25.1 Å². The number of aromatic nitrogens is 2. The number of rotatable bonds is 3. The number of nitrogens with zero attached hydrogens (tertiary/aromatic N) is 3. The van der Waals surface area contributed by atoms with Gasteiger partial charge in [0.05, 0.1) is 5.39 Å². The number of halogens is 1. The smallest absolute Gasteiger partial charge is 0.246 e. The van der Waals surface area contributed by atoms with Gasteiger partial charge in [-0.2, -0.15) is 5.26 Å². The maximum absolute atomic E-state index is 9.13. The molecule has 0 N–H and O–H groups in total. The van der Waals surface area contributed by atoms with Crippen molar-refractivity contribution >= 4 is 22.6 Å². The summed E-state index contributed by atoms with van der Waals surface area (Å²) in [5, 5.41) is 10.2. The summed E-state index contributed by atoms with van der Waals surface area (Å²) in [5.41, 5.74) is 1.36. The highest BCUT2D eigenvalue weighted by molar-refractivity contribution is 6.29. The highest BCUT2D eigenvalue weighted by atomic mass is 35.5. The summed E-state index contributed by atoms with van der Waals surface area (Å²) in [5.74, 6) is 0.985. The molecular weight excluding hydrogens is 290 g/mol. The third-order valence-corrected chi connectivity index (χ3v) is 3.06. The Labute approximate surface area is 125 Å². The molecule has 0 aliphatic rings. The van der Waals surface area contributed by atoms with E-state index in [-0.39, 0.29) is 12.4 Å². The molecule has 1 aromatic carbocycles. The minimum absolute atomic E-state index is 0.111. The Hall–Kier alpha value is -2.58. The van der Waals surface area contributed by atoms with E-state index in [1.54, 1.807) is 12.1 Å². The van der Waals surface area contributed by atoms with Crippen LogP contribution in [-0.2, 0) is 6.61 Å². The van der Waals surface area contributed by atoms with Crippen LogP contribution in [0.15, 0.2) is 34.7 Å². The first-order valence-corrected chi connectivity index (χ1v) is 6.59. The monoisotopic (exact) mass is 299 g/mol. The minimum atomic E-state index is 0.111. The zero-order valence-corrected chi connectivity index (χ0v) is 11.9. The van der Waals surface area contributed by atoms with Crippen LogP contribution >= 0.6 is 11.6 Å². The molecule has 3 rings (SSSR count). The molecule has 0 aliphatic carbocycles. The fraction of sp³-hybridized carbons (Fsp3) is 0.133. The van der Waals surface area contributed by atoms with E-state index in [1.807, 2.05) is 31.2 Å². The lowest BCUT2D eigenvalue weighted by molar-refractivity contribution is 0.293. The van der Waals surface area contributed by atoms with Gasteiger partial charge < -0.3 is 9.15 Å². The predicted molar refractivity (Wildman–Crippen MR) is 77.0 cm³/mol. The molecule has 2 heterocycles. The third-order valence-electron chi connectivity index (χ3n) is 2.87. The molecule has 6 heteroatoms. The molecule has 0 atom stereocenters. The van der Waals surface area contributed by atoms with Crippen molar-refractivity contribution in [1.29, 1.82) is 5.26 Å². The van der Waals surface area contributed by atoms with Crippen molar-refractivity contribution in [3.63, 3.8) is 0 Å². The van der Waals surface area contributed by atoms with E-state index in [0.717, 1.165) is 11.1 Å². The van der Waals surface area contributed by atoms with Gasteiger partial charge in [-0.1, -0.05) is 23.7 Å². The van der Waals surface area contributed by atoms with Crippen LogP contribution in [0.4, 0.5) is 0 Å². The lowest BCUT2D eigenvalue weighted by Crippen LogP contribution is -2.03. The fourth-order valence-electron chi connectivity index (χ4n) is 2.03. The van der Waals surface area contributed by atoms with Crippen molar-refractivity contribution in [3.8, 4) is 11.8 Å². The van der Waals surface area contributed by atoms with Crippen LogP contribution in [-0.4, -0.2) is 9.97 Å². The van der Waals surface area contributed by atoms with Gasteiger partial charge in [0, 0.05) is 5.69 Å². The summed E-state index contributed by atoms with van der Waals surface area (Å²) in [6, 6.07) is 11.0. The van der Waals surface area contributed by atoms with Crippen molar-refractivity contribution in [2.75, 3.05) is 0 Å². The quantitative estimate of drug-likeness (QED) is 0.690. The van der Waals surface area contributed by atoms with Gasteiger partial charge in [0.15, 0.2) is 11.6 Å². The van der Waals surface area contributed by atoms with Crippen LogP contribution in [0.1, 0.15) is 17.3 Å². The molecule has 21 heavy (non-hydrogen) atoms. The molecule has 5 nitrogen and oxygen atoms in total. The molecule has 104 valence electrons.